The fourth-order valence-electron chi connectivity index (χ4n) is 1.84. The number of aryl methyl sites for hydroxylation is 1. The van der Waals surface area contributed by atoms with Crippen LogP contribution in [-0.2, 0) is 0 Å². The molecule has 0 bridgehead atoms. The fourth-order valence-corrected chi connectivity index (χ4v) is 1.96. The van der Waals surface area contributed by atoms with Crippen LogP contribution in [0.25, 0.3) is 5.78 Å². The molecule has 0 radical (unpaired) electrons. The number of nitrogens with zero attached hydrogens (tertiary/aromatic N) is 3. The number of benzene rings is 1. The lowest BCUT2D eigenvalue weighted by Gasteiger charge is -2.00. The van der Waals surface area contributed by atoms with E-state index in [1.54, 1.807) is 6.92 Å². The Kier molecular flexibility index (Phi) is 3.38. The predicted octanol–water partition coefficient (Wildman–Crippen LogP) is 1.77. The van der Waals surface area contributed by atoms with Gasteiger partial charge < -0.3 is 0 Å². The highest BCUT2D eigenvalue weighted by Crippen LogP contribution is 2.10. The summed E-state index contributed by atoms with van der Waals surface area (Å²) in [6, 6.07) is 5.00. The number of anilines is 1. The number of hydrogen-bond donors (Lipinski definition) is 2. The molecule has 0 fully saturated rings. The van der Waals surface area contributed by atoms with E-state index in [-0.39, 0.29) is 22.3 Å². The smallest absolute Gasteiger partial charge is 0.291 e. The summed E-state index contributed by atoms with van der Waals surface area (Å²) in [4.78, 5) is 31.9. The summed E-state index contributed by atoms with van der Waals surface area (Å²) in [5.74, 6) is -0.835. The summed E-state index contributed by atoms with van der Waals surface area (Å²) < 4.78 is 13.9. The second-order valence-corrected chi connectivity index (χ2v) is 4.86. The Morgan fingerprint density at radius 1 is 1.32 bits per heavy atom. The first-order valence-electron chi connectivity index (χ1n) is 6.17. The van der Waals surface area contributed by atoms with E-state index in [2.05, 4.69) is 20.4 Å². The molecule has 7 nitrogen and oxygen atoms in total. The van der Waals surface area contributed by atoms with Gasteiger partial charge in [-0.05, 0) is 31.2 Å². The Balaban J connectivity index is 1.94. The van der Waals surface area contributed by atoms with Gasteiger partial charge in [0.25, 0.3) is 17.2 Å². The first-order valence-corrected chi connectivity index (χ1v) is 6.55. The third-order valence-corrected chi connectivity index (χ3v) is 3.38. The number of carbonyl (C=O) groups excluding carboxylic acids is 1. The monoisotopic (exact) mass is 321 g/mol. The summed E-state index contributed by atoms with van der Waals surface area (Å²) in [6.07, 6.45) is 0. The summed E-state index contributed by atoms with van der Waals surface area (Å²) in [5, 5.41) is 5.02. The number of amides is 1. The van der Waals surface area contributed by atoms with Gasteiger partial charge in [0.15, 0.2) is 0 Å². The normalized spacial score (nSPS) is 10.9. The number of aromatic amines is 1. The molecule has 2 N–H and O–H groups in total. The maximum Gasteiger partial charge on any atom is 0.293 e. The number of hydrogen-bond acceptors (Lipinski definition) is 4. The van der Waals surface area contributed by atoms with Crippen molar-refractivity contribution in [3.05, 3.63) is 56.7 Å². The van der Waals surface area contributed by atoms with Crippen molar-refractivity contribution in [3.8, 4) is 0 Å². The third-order valence-electron chi connectivity index (χ3n) is 2.94. The Bertz CT molecular complexity index is 932. The van der Waals surface area contributed by atoms with Gasteiger partial charge >= 0.3 is 0 Å². The van der Waals surface area contributed by atoms with E-state index in [1.807, 2.05) is 0 Å². The van der Waals surface area contributed by atoms with Crippen LogP contribution in [0.5, 0.6) is 0 Å². The van der Waals surface area contributed by atoms with E-state index < -0.39 is 17.3 Å². The van der Waals surface area contributed by atoms with Crippen LogP contribution in [0.2, 0.25) is 5.02 Å². The van der Waals surface area contributed by atoms with Crippen LogP contribution < -0.4 is 10.9 Å². The Labute approximate surface area is 127 Å². The SMILES string of the molecule is Cc1nc2nc(NC(=O)c3ccc(F)cc3)[nH]n2c(=O)c1Cl. The predicted molar refractivity (Wildman–Crippen MR) is 77.7 cm³/mol. The summed E-state index contributed by atoms with van der Waals surface area (Å²) >= 11 is 5.82. The molecule has 3 rings (SSSR count). The van der Waals surface area contributed by atoms with E-state index >= 15 is 0 Å². The lowest BCUT2D eigenvalue weighted by Crippen LogP contribution is -2.17. The minimum atomic E-state index is -0.515. The molecule has 0 aliphatic heterocycles. The molecule has 0 spiro atoms. The molecule has 0 aliphatic carbocycles. The molecule has 2 heterocycles. The highest BCUT2D eigenvalue weighted by molar-refractivity contribution is 6.31. The van der Waals surface area contributed by atoms with Crippen molar-refractivity contribution in [1.82, 2.24) is 19.6 Å². The van der Waals surface area contributed by atoms with Gasteiger partial charge in [-0.2, -0.15) is 9.50 Å². The molecule has 9 heteroatoms. The summed E-state index contributed by atoms with van der Waals surface area (Å²) in [6.45, 7) is 1.58. The van der Waals surface area contributed by atoms with Crippen molar-refractivity contribution < 1.29 is 9.18 Å². The average molecular weight is 322 g/mol. The molecule has 3 aromatic rings. The number of H-pyrrole nitrogens is 1. The second-order valence-electron chi connectivity index (χ2n) is 4.48. The summed E-state index contributed by atoms with van der Waals surface area (Å²) in [5.41, 5.74) is 0.0740. The molecule has 0 unspecified atom stereocenters. The molecule has 2 aromatic heterocycles. The zero-order chi connectivity index (χ0) is 15.9. The summed E-state index contributed by atoms with van der Waals surface area (Å²) in [7, 11) is 0. The Morgan fingerprint density at radius 3 is 2.68 bits per heavy atom. The van der Waals surface area contributed by atoms with Gasteiger partial charge in [-0.25, -0.2) is 9.37 Å². The van der Waals surface area contributed by atoms with Crippen LogP contribution in [0.15, 0.2) is 29.1 Å². The van der Waals surface area contributed by atoms with E-state index in [4.69, 9.17) is 11.6 Å². The van der Waals surface area contributed by atoms with Crippen molar-refractivity contribution in [2.75, 3.05) is 5.32 Å². The molecule has 0 aliphatic rings. The number of nitrogens with one attached hydrogen (secondary N) is 2. The van der Waals surface area contributed by atoms with Crippen molar-refractivity contribution in [3.63, 3.8) is 0 Å². The van der Waals surface area contributed by atoms with Crippen molar-refractivity contribution >= 4 is 29.2 Å². The Hall–Kier alpha value is -2.74. The molecule has 22 heavy (non-hydrogen) atoms. The molecular weight excluding hydrogens is 313 g/mol. The van der Waals surface area contributed by atoms with Crippen molar-refractivity contribution in [1.29, 1.82) is 0 Å². The van der Waals surface area contributed by atoms with Crippen LogP contribution >= 0.6 is 11.6 Å². The number of aromatic nitrogens is 4. The Morgan fingerprint density at radius 2 is 2.00 bits per heavy atom. The van der Waals surface area contributed by atoms with Gasteiger partial charge in [0.1, 0.15) is 10.8 Å². The van der Waals surface area contributed by atoms with Gasteiger partial charge in [-0.15, -0.1) is 0 Å². The number of halogens is 2. The van der Waals surface area contributed by atoms with Gasteiger partial charge in [-0.3, -0.25) is 20.0 Å². The number of fused-ring (bicyclic) bond motifs is 1. The fraction of sp³-hybridized carbons (Fsp3) is 0.0769. The van der Waals surface area contributed by atoms with Gasteiger partial charge in [0.2, 0.25) is 5.95 Å². The third kappa shape index (κ3) is 2.44. The molecule has 1 aromatic carbocycles. The first kappa shape index (κ1) is 14.2. The van der Waals surface area contributed by atoms with Crippen LogP contribution in [0.4, 0.5) is 10.3 Å². The van der Waals surface area contributed by atoms with Crippen LogP contribution in [0.3, 0.4) is 0 Å². The topological polar surface area (TPSA) is 92.2 Å². The van der Waals surface area contributed by atoms with E-state index in [0.29, 0.717) is 5.69 Å². The molecule has 112 valence electrons. The second kappa shape index (κ2) is 5.23. The lowest BCUT2D eigenvalue weighted by molar-refractivity contribution is 0.102. The van der Waals surface area contributed by atoms with Crippen molar-refractivity contribution in [2.45, 2.75) is 6.92 Å². The largest absolute Gasteiger partial charge is 0.293 e. The molecular formula is C13H9ClFN5O2. The molecule has 1 amide bonds. The number of carbonyl (C=O) groups is 1. The molecule has 0 atom stereocenters. The van der Waals surface area contributed by atoms with Crippen LogP contribution in [0, 0.1) is 12.7 Å². The molecule has 0 saturated carbocycles. The molecule has 0 saturated heterocycles. The first-order chi connectivity index (χ1) is 10.5. The van der Waals surface area contributed by atoms with Gasteiger partial charge in [0.05, 0.1) is 5.69 Å². The van der Waals surface area contributed by atoms with Crippen LogP contribution in [0.1, 0.15) is 16.1 Å². The van der Waals surface area contributed by atoms with Gasteiger partial charge in [-0.1, -0.05) is 11.6 Å². The highest BCUT2D eigenvalue weighted by atomic mass is 35.5. The van der Waals surface area contributed by atoms with Crippen LogP contribution in [-0.4, -0.2) is 25.5 Å². The maximum atomic E-state index is 12.8. The van der Waals surface area contributed by atoms with Crippen molar-refractivity contribution in [2.24, 2.45) is 0 Å². The van der Waals surface area contributed by atoms with E-state index in [1.165, 1.54) is 24.3 Å². The number of rotatable bonds is 2. The maximum absolute atomic E-state index is 12.8. The quantitative estimate of drug-likeness (QED) is 0.752. The highest BCUT2D eigenvalue weighted by Gasteiger charge is 2.13. The lowest BCUT2D eigenvalue weighted by atomic mass is 10.2. The van der Waals surface area contributed by atoms with E-state index in [0.717, 1.165) is 4.52 Å². The minimum absolute atomic E-state index is 0.0283. The minimum Gasteiger partial charge on any atom is -0.291 e. The zero-order valence-electron chi connectivity index (χ0n) is 11.2. The van der Waals surface area contributed by atoms with E-state index in [9.17, 15) is 14.0 Å². The standard InChI is InChI=1S/C13H9ClFN5O2/c1-6-9(14)11(22)20-13(16-6)18-12(19-20)17-10(21)7-2-4-8(15)5-3-7/h2-5H,1H3,(H2,16,17,18,19,21). The zero-order valence-corrected chi connectivity index (χ0v) is 12.0. The average Bonchev–Trinajstić information content (AvgIpc) is 2.88. The van der Waals surface area contributed by atoms with Gasteiger partial charge in [0, 0.05) is 5.56 Å².